The largest absolute Gasteiger partial charge is 0.366 e. The summed E-state index contributed by atoms with van der Waals surface area (Å²) in [4.78, 5) is 0. The molecular formula is C15H24N4. The summed E-state index contributed by atoms with van der Waals surface area (Å²) in [6.45, 7) is 2.30. The topological polar surface area (TPSA) is 49.8 Å². The molecule has 1 aliphatic carbocycles. The molecule has 3 rings (SSSR count). The van der Waals surface area contributed by atoms with Gasteiger partial charge in [0.15, 0.2) is 0 Å². The van der Waals surface area contributed by atoms with Crippen LogP contribution in [-0.2, 0) is 6.42 Å². The Morgan fingerprint density at radius 1 is 1.11 bits per heavy atom. The zero-order valence-electron chi connectivity index (χ0n) is 11.6. The van der Waals surface area contributed by atoms with Gasteiger partial charge in [-0.1, -0.05) is 12.8 Å². The molecule has 1 saturated carbocycles. The summed E-state index contributed by atoms with van der Waals surface area (Å²) >= 11 is 0. The smallest absolute Gasteiger partial charge is 0.148 e. The number of anilines is 1. The fourth-order valence-electron chi connectivity index (χ4n) is 3.22. The van der Waals surface area contributed by atoms with Crippen molar-refractivity contribution < 1.29 is 0 Å². The van der Waals surface area contributed by atoms with Crippen LogP contribution in [-0.4, -0.2) is 29.3 Å². The molecule has 0 bridgehead atoms. The summed E-state index contributed by atoms with van der Waals surface area (Å²) in [5.74, 6) is 1.68. The monoisotopic (exact) mass is 260 g/mol. The summed E-state index contributed by atoms with van der Waals surface area (Å²) in [5, 5.41) is 15.6. The fourth-order valence-corrected chi connectivity index (χ4v) is 3.22. The first kappa shape index (κ1) is 12.9. The molecule has 4 heteroatoms. The molecule has 4 nitrogen and oxygen atoms in total. The van der Waals surface area contributed by atoms with E-state index in [0.717, 1.165) is 30.4 Å². The van der Waals surface area contributed by atoms with Gasteiger partial charge in [-0.3, -0.25) is 0 Å². The van der Waals surface area contributed by atoms with Crippen LogP contribution in [0.2, 0.25) is 0 Å². The maximum atomic E-state index is 4.37. The lowest BCUT2D eigenvalue weighted by atomic mass is 9.95. The van der Waals surface area contributed by atoms with E-state index in [2.05, 4.69) is 33.0 Å². The molecule has 1 aliphatic heterocycles. The Kier molecular flexibility index (Phi) is 4.28. The number of aromatic nitrogens is 2. The van der Waals surface area contributed by atoms with E-state index in [1.807, 2.05) is 0 Å². The third-order valence-electron chi connectivity index (χ3n) is 4.32. The van der Waals surface area contributed by atoms with Crippen molar-refractivity contribution in [1.82, 2.24) is 15.5 Å². The highest BCUT2D eigenvalue weighted by Gasteiger charge is 2.16. The van der Waals surface area contributed by atoms with Gasteiger partial charge in [0.2, 0.25) is 0 Å². The van der Waals surface area contributed by atoms with Crippen molar-refractivity contribution in [3.63, 3.8) is 0 Å². The molecule has 2 fully saturated rings. The SMILES string of the molecule is c1cc(NC2CCCC2)nnc1CC1CCCNC1. The second-order valence-corrected chi connectivity index (χ2v) is 5.95. The van der Waals surface area contributed by atoms with Crippen LogP contribution in [0.1, 0.15) is 44.2 Å². The van der Waals surface area contributed by atoms with E-state index >= 15 is 0 Å². The molecule has 1 aromatic heterocycles. The number of hydrogen-bond donors (Lipinski definition) is 2. The third-order valence-corrected chi connectivity index (χ3v) is 4.32. The van der Waals surface area contributed by atoms with E-state index in [9.17, 15) is 0 Å². The molecule has 2 heterocycles. The van der Waals surface area contributed by atoms with Crippen LogP contribution in [0.3, 0.4) is 0 Å². The normalized spacial score (nSPS) is 24.5. The van der Waals surface area contributed by atoms with Gasteiger partial charge in [-0.2, -0.15) is 5.10 Å². The second kappa shape index (κ2) is 6.33. The Morgan fingerprint density at radius 2 is 2.00 bits per heavy atom. The van der Waals surface area contributed by atoms with E-state index in [0.29, 0.717) is 6.04 Å². The van der Waals surface area contributed by atoms with Crippen molar-refractivity contribution in [2.75, 3.05) is 18.4 Å². The molecule has 2 N–H and O–H groups in total. The van der Waals surface area contributed by atoms with Crippen LogP contribution >= 0.6 is 0 Å². The predicted molar refractivity (Wildman–Crippen MR) is 77.2 cm³/mol. The standard InChI is InChI=1S/C15H24N4/c1-2-6-13(5-1)17-15-8-7-14(18-19-15)10-12-4-3-9-16-11-12/h7-8,12-13,16H,1-6,9-11H2,(H,17,19). The van der Waals surface area contributed by atoms with Crippen LogP contribution in [0.15, 0.2) is 12.1 Å². The number of hydrogen-bond acceptors (Lipinski definition) is 4. The Hall–Kier alpha value is -1.16. The van der Waals surface area contributed by atoms with Gasteiger partial charge in [-0.15, -0.1) is 5.10 Å². The maximum Gasteiger partial charge on any atom is 0.148 e. The van der Waals surface area contributed by atoms with Crippen LogP contribution in [0.4, 0.5) is 5.82 Å². The second-order valence-electron chi connectivity index (χ2n) is 5.95. The Labute approximate surface area is 115 Å². The predicted octanol–water partition coefficient (Wildman–Crippen LogP) is 2.37. The third kappa shape index (κ3) is 3.66. The molecule has 1 saturated heterocycles. The van der Waals surface area contributed by atoms with Crippen LogP contribution in [0.25, 0.3) is 0 Å². The zero-order valence-corrected chi connectivity index (χ0v) is 11.6. The first-order chi connectivity index (χ1) is 9.40. The molecule has 19 heavy (non-hydrogen) atoms. The average Bonchev–Trinajstić information content (AvgIpc) is 2.95. The number of nitrogens with zero attached hydrogens (tertiary/aromatic N) is 2. The Balaban J connectivity index is 1.52. The summed E-state index contributed by atoms with van der Waals surface area (Å²) in [6, 6.07) is 4.85. The lowest BCUT2D eigenvalue weighted by Gasteiger charge is -2.22. The van der Waals surface area contributed by atoms with Gasteiger partial charge in [0, 0.05) is 6.04 Å². The lowest BCUT2D eigenvalue weighted by molar-refractivity contribution is 0.373. The molecule has 1 unspecified atom stereocenters. The van der Waals surface area contributed by atoms with Crippen molar-refractivity contribution >= 4 is 5.82 Å². The molecule has 0 aromatic carbocycles. The summed E-state index contributed by atoms with van der Waals surface area (Å²) < 4.78 is 0. The van der Waals surface area contributed by atoms with Crippen molar-refractivity contribution in [2.24, 2.45) is 5.92 Å². The molecule has 1 aromatic rings. The van der Waals surface area contributed by atoms with Crippen LogP contribution < -0.4 is 10.6 Å². The van der Waals surface area contributed by atoms with Crippen molar-refractivity contribution in [2.45, 2.75) is 51.0 Å². The molecule has 0 radical (unpaired) electrons. The number of nitrogens with one attached hydrogen (secondary N) is 2. The molecule has 104 valence electrons. The molecule has 2 aliphatic rings. The highest BCUT2D eigenvalue weighted by molar-refractivity contribution is 5.34. The molecule has 1 atom stereocenters. The Morgan fingerprint density at radius 3 is 2.68 bits per heavy atom. The summed E-state index contributed by atoms with van der Waals surface area (Å²) in [6.07, 6.45) is 8.91. The van der Waals surface area contributed by atoms with E-state index in [1.165, 1.54) is 45.1 Å². The van der Waals surface area contributed by atoms with E-state index in [1.54, 1.807) is 0 Å². The first-order valence-electron chi connectivity index (χ1n) is 7.70. The van der Waals surface area contributed by atoms with Gasteiger partial charge < -0.3 is 10.6 Å². The van der Waals surface area contributed by atoms with E-state index < -0.39 is 0 Å². The maximum absolute atomic E-state index is 4.37. The van der Waals surface area contributed by atoms with Crippen LogP contribution in [0.5, 0.6) is 0 Å². The summed E-state index contributed by atoms with van der Waals surface area (Å²) in [7, 11) is 0. The molecule has 0 amide bonds. The van der Waals surface area contributed by atoms with Crippen molar-refractivity contribution in [3.05, 3.63) is 17.8 Å². The fraction of sp³-hybridized carbons (Fsp3) is 0.733. The van der Waals surface area contributed by atoms with E-state index in [-0.39, 0.29) is 0 Å². The van der Waals surface area contributed by atoms with E-state index in [4.69, 9.17) is 0 Å². The highest BCUT2D eigenvalue weighted by atomic mass is 15.2. The molecule has 0 spiro atoms. The van der Waals surface area contributed by atoms with Gasteiger partial charge in [-0.05, 0) is 63.2 Å². The van der Waals surface area contributed by atoms with Gasteiger partial charge >= 0.3 is 0 Å². The quantitative estimate of drug-likeness (QED) is 0.872. The van der Waals surface area contributed by atoms with Gasteiger partial charge in [0.1, 0.15) is 5.82 Å². The van der Waals surface area contributed by atoms with Crippen LogP contribution in [0, 0.1) is 5.92 Å². The zero-order chi connectivity index (χ0) is 12.9. The Bertz CT molecular complexity index is 378. The van der Waals surface area contributed by atoms with Crippen molar-refractivity contribution in [3.8, 4) is 0 Å². The lowest BCUT2D eigenvalue weighted by Crippen LogP contribution is -2.31. The number of piperidine rings is 1. The highest BCUT2D eigenvalue weighted by Crippen LogP contribution is 2.21. The minimum Gasteiger partial charge on any atom is -0.366 e. The average molecular weight is 260 g/mol. The molecular weight excluding hydrogens is 236 g/mol. The van der Waals surface area contributed by atoms with Gasteiger partial charge in [0.05, 0.1) is 5.69 Å². The number of rotatable bonds is 4. The summed E-state index contributed by atoms with van der Waals surface area (Å²) in [5.41, 5.74) is 1.13. The van der Waals surface area contributed by atoms with Crippen molar-refractivity contribution in [1.29, 1.82) is 0 Å². The first-order valence-corrected chi connectivity index (χ1v) is 7.70. The minimum atomic E-state index is 0.614. The van der Waals surface area contributed by atoms with Gasteiger partial charge in [0.25, 0.3) is 0 Å². The minimum absolute atomic E-state index is 0.614. The van der Waals surface area contributed by atoms with Gasteiger partial charge in [-0.25, -0.2) is 0 Å².